The molecule has 0 spiro atoms. The fourth-order valence-electron chi connectivity index (χ4n) is 1.73. The molecule has 1 N–H and O–H groups in total. The van der Waals surface area contributed by atoms with E-state index in [0.717, 1.165) is 24.5 Å². The summed E-state index contributed by atoms with van der Waals surface area (Å²) in [5.74, 6) is -1.99. The van der Waals surface area contributed by atoms with Crippen LogP contribution in [0.25, 0.3) is 0 Å². The molecule has 0 radical (unpaired) electrons. The van der Waals surface area contributed by atoms with Gasteiger partial charge in [0.25, 0.3) is 0 Å². The van der Waals surface area contributed by atoms with Gasteiger partial charge >= 0.3 is 0 Å². The van der Waals surface area contributed by atoms with E-state index in [1.54, 1.807) is 6.92 Å². The van der Waals surface area contributed by atoms with E-state index in [4.69, 9.17) is 0 Å². The lowest BCUT2D eigenvalue weighted by Gasteiger charge is -2.18. The Morgan fingerprint density at radius 3 is 2.55 bits per heavy atom. The van der Waals surface area contributed by atoms with Crippen molar-refractivity contribution in [1.29, 1.82) is 0 Å². The summed E-state index contributed by atoms with van der Waals surface area (Å²) >= 11 is 0. The maximum atomic E-state index is 13.6. The molecule has 1 amide bonds. The van der Waals surface area contributed by atoms with Crippen LogP contribution in [0.1, 0.15) is 31.4 Å². The van der Waals surface area contributed by atoms with Crippen LogP contribution in [0, 0.1) is 11.6 Å². The van der Waals surface area contributed by atoms with Gasteiger partial charge in [-0.25, -0.2) is 17.2 Å². The summed E-state index contributed by atoms with van der Waals surface area (Å²) < 4.78 is 48.7. The van der Waals surface area contributed by atoms with Gasteiger partial charge in [0.2, 0.25) is 5.91 Å². The summed E-state index contributed by atoms with van der Waals surface area (Å²) in [7, 11) is -3.24. The Balaban J connectivity index is 2.77. The lowest BCUT2D eigenvalue weighted by molar-refractivity contribution is -0.121. The molecule has 0 fully saturated rings. The number of carbonyl (C=O) groups excluding carboxylic acids is 1. The minimum atomic E-state index is -3.24. The molecule has 7 heteroatoms. The highest BCUT2D eigenvalue weighted by Crippen LogP contribution is 2.21. The van der Waals surface area contributed by atoms with Crippen molar-refractivity contribution in [1.82, 2.24) is 5.32 Å². The van der Waals surface area contributed by atoms with Gasteiger partial charge in [0.1, 0.15) is 21.5 Å². The van der Waals surface area contributed by atoms with Crippen LogP contribution in [0.4, 0.5) is 8.78 Å². The molecule has 1 atom stereocenters. The molecular weight excluding hydrogens is 288 g/mol. The second-order valence-corrected chi connectivity index (χ2v) is 6.83. The van der Waals surface area contributed by atoms with Gasteiger partial charge in [0.15, 0.2) is 0 Å². The molecule has 1 rings (SSSR count). The molecule has 0 aliphatic carbocycles. The van der Waals surface area contributed by atoms with Gasteiger partial charge in [-0.1, -0.05) is 6.92 Å². The Morgan fingerprint density at radius 2 is 2.00 bits per heavy atom. The third-order valence-electron chi connectivity index (χ3n) is 2.78. The van der Waals surface area contributed by atoms with Gasteiger partial charge in [-0.05, 0) is 24.6 Å². The molecule has 0 unspecified atom stereocenters. The van der Waals surface area contributed by atoms with Gasteiger partial charge in [0.05, 0.1) is 11.8 Å². The molecule has 0 saturated heterocycles. The molecule has 0 heterocycles. The van der Waals surface area contributed by atoms with Gasteiger partial charge in [-0.15, -0.1) is 0 Å². The number of amides is 1. The first-order valence-electron chi connectivity index (χ1n) is 6.15. The van der Waals surface area contributed by atoms with E-state index in [2.05, 4.69) is 5.32 Å². The number of nitrogens with one attached hydrogen (secondary N) is 1. The van der Waals surface area contributed by atoms with E-state index in [0.29, 0.717) is 6.42 Å². The van der Waals surface area contributed by atoms with Gasteiger partial charge in [0, 0.05) is 18.2 Å². The van der Waals surface area contributed by atoms with Crippen LogP contribution < -0.4 is 5.32 Å². The number of benzene rings is 1. The highest BCUT2D eigenvalue weighted by atomic mass is 32.2. The third kappa shape index (κ3) is 5.24. The van der Waals surface area contributed by atoms with Crippen LogP contribution in [-0.4, -0.2) is 26.3 Å². The summed E-state index contributed by atoms with van der Waals surface area (Å²) in [6, 6.07) is 2.34. The largest absolute Gasteiger partial charge is 0.349 e. The lowest BCUT2D eigenvalue weighted by atomic mass is 10.0. The molecule has 20 heavy (non-hydrogen) atoms. The summed E-state index contributed by atoms with van der Waals surface area (Å²) in [5.41, 5.74) is 0.0557. The molecular formula is C13H17F2NO3S. The van der Waals surface area contributed by atoms with Gasteiger partial charge in [-0.2, -0.15) is 0 Å². The van der Waals surface area contributed by atoms with Crippen molar-refractivity contribution in [3.63, 3.8) is 0 Å². The smallest absolute Gasteiger partial charge is 0.221 e. The van der Waals surface area contributed by atoms with E-state index in [-0.39, 0.29) is 17.7 Å². The summed E-state index contributed by atoms with van der Waals surface area (Å²) in [5, 5.41) is 2.51. The molecule has 0 saturated carbocycles. The van der Waals surface area contributed by atoms with Crippen LogP contribution in [0.2, 0.25) is 0 Å². The molecule has 0 aliphatic rings. The maximum absolute atomic E-state index is 13.6. The first kappa shape index (κ1) is 16.6. The number of halogens is 2. The zero-order valence-corrected chi connectivity index (χ0v) is 12.1. The fourth-order valence-corrected chi connectivity index (χ4v) is 2.28. The fraction of sp³-hybridized carbons (Fsp3) is 0.462. The third-order valence-corrected chi connectivity index (χ3v) is 3.72. The maximum Gasteiger partial charge on any atom is 0.221 e. The molecule has 0 aliphatic heterocycles. The van der Waals surface area contributed by atoms with E-state index < -0.39 is 33.4 Å². The van der Waals surface area contributed by atoms with Crippen LogP contribution in [0.3, 0.4) is 0 Å². The summed E-state index contributed by atoms with van der Waals surface area (Å²) in [6.07, 6.45) is 1.20. The Morgan fingerprint density at radius 1 is 1.35 bits per heavy atom. The average Bonchev–Trinajstić information content (AvgIpc) is 2.36. The topological polar surface area (TPSA) is 63.2 Å². The Kier molecular flexibility index (Phi) is 5.62. The summed E-state index contributed by atoms with van der Waals surface area (Å²) in [6.45, 7) is 1.71. The van der Waals surface area contributed by atoms with Crippen molar-refractivity contribution in [2.45, 2.75) is 25.8 Å². The van der Waals surface area contributed by atoms with Crippen molar-refractivity contribution in [2.75, 3.05) is 12.0 Å². The van der Waals surface area contributed by atoms with Gasteiger partial charge < -0.3 is 5.32 Å². The quantitative estimate of drug-likeness (QED) is 0.874. The Hall–Kier alpha value is -1.50. The average molecular weight is 305 g/mol. The predicted molar refractivity (Wildman–Crippen MR) is 71.9 cm³/mol. The highest BCUT2D eigenvalue weighted by molar-refractivity contribution is 7.90. The lowest BCUT2D eigenvalue weighted by Crippen LogP contribution is -2.30. The van der Waals surface area contributed by atoms with E-state index in [9.17, 15) is 22.0 Å². The van der Waals surface area contributed by atoms with Crippen LogP contribution in [0.5, 0.6) is 0 Å². The number of carbonyl (C=O) groups is 1. The molecule has 112 valence electrons. The Labute approximate surface area is 117 Å². The van der Waals surface area contributed by atoms with Gasteiger partial charge in [-0.3, -0.25) is 4.79 Å². The molecule has 0 bridgehead atoms. The van der Waals surface area contributed by atoms with Crippen molar-refractivity contribution in [3.05, 3.63) is 35.4 Å². The molecule has 1 aromatic carbocycles. The monoisotopic (exact) mass is 305 g/mol. The van der Waals surface area contributed by atoms with E-state index >= 15 is 0 Å². The first-order valence-corrected chi connectivity index (χ1v) is 8.21. The first-order chi connectivity index (χ1) is 9.23. The normalized spacial score (nSPS) is 13.0. The molecule has 4 nitrogen and oxygen atoms in total. The van der Waals surface area contributed by atoms with Crippen LogP contribution >= 0.6 is 0 Å². The Bertz CT molecular complexity index is 587. The van der Waals surface area contributed by atoms with E-state index in [1.165, 1.54) is 0 Å². The second kappa shape index (κ2) is 6.78. The molecule has 1 aromatic rings. The van der Waals surface area contributed by atoms with Crippen molar-refractivity contribution < 1.29 is 22.0 Å². The van der Waals surface area contributed by atoms with Crippen LogP contribution in [0.15, 0.2) is 18.2 Å². The van der Waals surface area contributed by atoms with Crippen LogP contribution in [-0.2, 0) is 14.6 Å². The highest BCUT2D eigenvalue weighted by Gasteiger charge is 2.18. The SMILES string of the molecule is CC[C@@H](NC(=O)CCS(C)(=O)=O)c1cc(F)ccc1F. The number of sulfone groups is 1. The minimum Gasteiger partial charge on any atom is -0.349 e. The van der Waals surface area contributed by atoms with Crippen molar-refractivity contribution in [2.24, 2.45) is 0 Å². The number of hydrogen-bond donors (Lipinski definition) is 1. The zero-order valence-electron chi connectivity index (χ0n) is 11.3. The van der Waals surface area contributed by atoms with Crippen molar-refractivity contribution in [3.8, 4) is 0 Å². The predicted octanol–water partition coefficient (Wildman–Crippen LogP) is 1.97. The number of hydrogen-bond acceptors (Lipinski definition) is 3. The second-order valence-electron chi connectivity index (χ2n) is 4.57. The van der Waals surface area contributed by atoms with Crippen molar-refractivity contribution >= 4 is 15.7 Å². The van der Waals surface area contributed by atoms with E-state index in [1.807, 2.05) is 0 Å². The standard InChI is InChI=1S/C13H17F2NO3S/c1-3-12(10-8-9(14)4-5-11(10)15)16-13(17)6-7-20(2,18)19/h4-5,8,12H,3,6-7H2,1-2H3,(H,16,17)/t12-/m1/s1. The summed E-state index contributed by atoms with van der Waals surface area (Å²) in [4.78, 5) is 11.6. The number of rotatable bonds is 6. The minimum absolute atomic E-state index is 0.0557. The molecule has 0 aromatic heterocycles. The zero-order chi connectivity index (χ0) is 15.3.